The number of halogens is 1. The number of hydrogen-bond acceptors (Lipinski definition) is 1. The van der Waals surface area contributed by atoms with E-state index in [1.807, 2.05) is 44.2 Å². The third kappa shape index (κ3) is 3.72. The molecule has 0 unspecified atom stereocenters. The molecule has 0 aliphatic heterocycles. The van der Waals surface area contributed by atoms with Gasteiger partial charge < -0.3 is 0 Å². The molecule has 0 aromatic heterocycles. The lowest BCUT2D eigenvalue weighted by atomic mass is 10.1. The van der Waals surface area contributed by atoms with Crippen LogP contribution in [0.5, 0.6) is 0 Å². The van der Waals surface area contributed by atoms with E-state index in [1.165, 1.54) is 0 Å². The zero-order chi connectivity index (χ0) is 11.3. The molecule has 0 spiro atoms. The molecule has 1 rings (SSSR count). The molecule has 15 heavy (non-hydrogen) atoms. The molecule has 0 N–H and O–H groups in total. The molecule has 0 heterocycles. The van der Waals surface area contributed by atoms with Crippen LogP contribution in [0.25, 0.3) is 0 Å². The van der Waals surface area contributed by atoms with Gasteiger partial charge in [0.05, 0.1) is 10.7 Å². The fraction of sp³-hybridized carbons (Fsp3) is 0.154. The summed E-state index contributed by atoms with van der Waals surface area (Å²) in [6.07, 6.45) is 1.79. The molecule has 78 valence electrons. The number of aliphatic imine (C=N–C) groups is 1. The Kier molecular flexibility index (Phi) is 4.32. The predicted molar refractivity (Wildman–Crippen MR) is 67.4 cm³/mol. The lowest BCUT2D eigenvalue weighted by Gasteiger charge is -2.02. The molecule has 1 aromatic carbocycles. The Labute approximate surface area is 95.8 Å². The number of rotatable bonds is 3. The van der Waals surface area contributed by atoms with Crippen LogP contribution in [-0.4, -0.2) is 5.71 Å². The third-order valence-electron chi connectivity index (χ3n) is 1.76. The summed E-state index contributed by atoms with van der Waals surface area (Å²) < 4.78 is 0. The van der Waals surface area contributed by atoms with Crippen molar-refractivity contribution in [2.75, 3.05) is 0 Å². The summed E-state index contributed by atoms with van der Waals surface area (Å²) in [6, 6.07) is 9.79. The molecule has 2 heteroatoms. The van der Waals surface area contributed by atoms with Crippen molar-refractivity contribution in [3.05, 3.63) is 59.3 Å². The van der Waals surface area contributed by atoms with Gasteiger partial charge in [-0.2, -0.15) is 0 Å². The van der Waals surface area contributed by atoms with Gasteiger partial charge in [0.25, 0.3) is 0 Å². The van der Waals surface area contributed by atoms with E-state index in [-0.39, 0.29) is 0 Å². The SMILES string of the molecule is C=C(Cl)C(=NC=C(C)C)c1ccccc1. The van der Waals surface area contributed by atoms with Crippen molar-refractivity contribution in [2.45, 2.75) is 13.8 Å². The van der Waals surface area contributed by atoms with Crippen molar-refractivity contribution in [3.63, 3.8) is 0 Å². The quantitative estimate of drug-likeness (QED) is 0.678. The van der Waals surface area contributed by atoms with Crippen LogP contribution >= 0.6 is 11.6 Å². The zero-order valence-corrected chi connectivity index (χ0v) is 9.75. The van der Waals surface area contributed by atoms with E-state index in [0.29, 0.717) is 5.03 Å². The maximum atomic E-state index is 5.91. The Morgan fingerprint density at radius 3 is 2.33 bits per heavy atom. The van der Waals surface area contributed by atoms with Crippen molar-refractivity contribution in [1.29, 1.82) is 0 Å². The van der Waals surface area contributed by atoms with E-state index in [2.05, 4.69) is 11.6 Å². The Morgan fingerprint density at radius 2 is 1.87 bits per heavy atom. The van der Waals surface area contributed by atoms with Crippen molar-refractivity contribution >= 4 is 17.3 Å². The van der Waals surface area contributed by atoms with E-state index < -0.39 is 0 Å². The van der Waals surface area contributed by atoms with Crippen LogP contribution < -0.4 is 0 Å². The highest BCUT2D eigenvalue weighted by Gasteiger charge is 2.03. The first kappa shape index (κ1) is 11.7. The van der Waals surface area contributed by atoms with Gasteiger partial charge in [-0.1, -0.05) is 54.1 Å². The van der Waals surface area contributed by atoms with Crippen LogP contribution in [0, 0.1) is 0 Å². The number of nitrogens with zero attached hydrogens (tertiary/aromatic N) is 1. The van der Waals surface area contributed by atoms with Crippen molar-refractivity contribution in [1.82, 2.24) is 0 Å². The summed E-state index contributed by atoms with van der Waals surface area (Å²) in [7, 11) is 0. The molecule has 0 radical (unpaired) electrons. The van der Waals surface area contributed by atoms with Gasteiger partial charge in [0.2, 0.25) is 0 Å². The van der Waals surface area contributed by atoms with Crippen molar-refractivity contribution in [2.24, 2.45) is 4.99 Å². The summed E-state index contributed by atoms with van der Waals surface area (Å²) in [5.41, 5.74) is 2.83. The van der Waals surface area contributed by atoms with E-state index in [9.17, 15) is 0 Å². The average Bonchev–Trinajstić information content (AvgIpc) is 2.18. The molecule has 1 aromatic rings. The second-order valence-corrected chi connectivity index (χ2v) is 3.91. The highest BCUT2D eigenvalue weighted by molar-refractivity contribution is 6.46. The van der Waals surface area contributed by atoms with Crippen LogP contribution in [0.15, 0.2) is 58.7 Å². The van der Waals surface area contributed by atoms with Gasteiger partial charge in [0.15, 0.2) is 0 Å². The van der Waals surface area contributed by atoms with E-state index in [0.717, 1.165) is 16.8 Å². The van der Waals surface area contributed by atoms with Crippen LogP contribution in [0.4, 0.5) is 0 Å². The minimum absolute atomic E-state index is 0.457. The first-order valence-corrected chi connectivity index (χ1v) is 5.10. The second-order valence-electron chi connectivity index (χ2n) is 3.46. The highest BCUT2D eigenvalue weighted by atomic mass is 35.5. The lowest BCUT2D eigenvalue weighted by Crippen LogP contribution is -1.99. The molecular weight excluding hydrogens is 206 g/mol. The van der Waals surface area contributed by atoms with E-state index in [1.54, 1.807) is 6.20 Å². The first-order valence-electron chi connectivity index (χ1n) is 4.72. The molecule has 0 fully saturated rings. The number of hydrogen-bond donors (Lipinski definition) is 0. The van der Waals surface area contributed by atoms with E-state index in [4.69, 9.17) is 11.6 Å². The predicted octanol–water partition coefficient (Wildman–Crippen LogP) is 4.15. The second kappa shape index (κ2) is 5.52. The highest BCUT2D eigenvalue weighted by Crippen LogP contribution is 2.12. The van der Waals surface area contributed by atoms with Crippen LogP contribution in [0.2, 0.25) is 0 Å². The largest absolute Gasteiger partial charge is 0.255 e. The number of benzene rings is 1. The Bertz CT molecular complexity index is 398. The van der Waals surface area contributed by atoms with Gasteiger partial charge in [0.1, 0.15) is 0 Å². The minimum atomic E-state index is 0.457. The average molecular weight is 220 g/mol. The maximum absolute atomic E-state index is 5.91. The Morgan fingerprint density at radius 1 is 1.27 bits per heavy atom. The fourth-order valence-electron chi connectivity index (χ4n) is 1.09. The van der Waals surface area contributed by atoms with Crippen LogP contribution in [0.1, 0.15) is 19.4 Å². The van der Waals surface area contributed by atoms with E-state index >= 15 is 0 Å². The van der Waals surface area contributed by atoms with Crippen molar-refractivity contribution < 1.29 is 0 Å². The monoisotopic (exact) mass is 219 g/mol. The molecule has 0 bridgehead atoms. The summed E-state index contributed by atoms with van der Waals surface area (Å²) in [5.74, 6) is 0. The molecule has 0 saturated carbocycles. The first-order chi connectivity index (χ1) is 7.11. The summed E-state index contributed by atoms with van der Waals surface area (Å²) in [5, 5.41) is 0.457. The summed E-state index contributed by atoms with van der Waals surface area (Å²) in [4.78, 5) is 4.32. The number of allylic oxidation sites excluding steroid dienone is 2. The molecule has 0 amide bonds. The van der Waals surface area contributed by atoms with Gasteiger partial charge in [0, 0.05) is 11.8 Å². The molecule has 1 nitrogen and oxygen atoms in total. The topological polar surface area (TPSA) is 12.4 Å². The summed E-state index contributed by atoms with van der Waals surface area (Å²) >= 11 is 5.91. The molecule has 0 atom stereocenters. The Balaban J connectivity index is 3.10. The smallest absolute Gasteiger partial charge is 0.0881 e. The van der Waals surface area contributed by atoms with Crippen LogP contribution in [0.3, 0.4) is 0 Å². The summed E-state index contributed by atoms with van der Waals surface area (Å²) in [6.45, 7) is 7.69. The third-order valence-corrected chi connectivity index (χ3v) is 1.94. The lowest BCUT2D eigenvalue weighted by molar-refractivity contribution is 1.33. The van der Waals surface area contributed by atoms with Gasteiger partial charge >= 0.3 is 0 Å². The minimum Gasteiger partial charge on any atom is -0.255 e. The normalized spacial score (nSPS) is 11.0. The van der Waals surface area contributed by atoms with Crippen LogP contribution in [-0.2, 0) is 0 Å². The van der Waals surface area contributed by atoms with Crippen molar-refractivity contribution in [3.8, 4) is 0 Å². The molecule has 0 aliphatic rings. The van der Waals surface area contributed by atoms with Gasteiger partial charge in [-0.3, -0.25) is 4.99 Å². The van der Waals surface area contributed by atoms with Gasteiger partial charge in [-0.05, 0) is 13.8 Å². The van der Waals surface area contributed by atoms with Gasteiger partial charge in [-0.15, -0.1) is 0 Å². The fourth-order valence-corrected chi connectivity index (χ4v) is 1.25. The molecular formula is C13H14ClN. The maximum Gasteiger partial charge on any atom is 0.0881 e. The zero-order valence-electron chi connectivity index (χ0n) is 9.00. The molecule has 0 aliphatic carbocycles. The molecule has 0 saturated heterocycles. The Hall–Kier alpha value is -1.34. The standard InChI is InChI=1S/C13H14ClN/c1-10(2)9-15-13(11(3)14)12-7-5-4-6-8-12/h4-9H,3H2,1-2H3. The van der Waals surface area contributed by atoms with Gasteiger partial charge in [-0.25, -0.2) is 0 Å².